The van der Waals surface area contributed by atoms with Gasteiger partial charge in [-0.1, -0.05) is 0 Å². The third-order valence-electron chi connectivity index (χ3n) is 7.04. The van der Waals surface area contributed by atoms with Crippen LogP contribution in [0.4, 0.5) is 15.3 Å². The Kier molecular flexibility index (Phi) is 9.34. The van der Waals surface area contributed by atoms with Crippen LogP contribution in [0.15, 0.2) is 42.6 Å². The smallest absolute Gasteiger partial charge is 0.414 e. The average molecular weight is 594 g/mol. The Bertz CT molecular complexity index is 1440. The first-order valence-corrected chi connectivity index (χ1v) is 14.5. The molecular weight excluding hydrogens is 554 g/mol. The molecule has 1 N–H and O–H groups in total. The molecule has 2 aliphatic rings. The summed E-state index contributed by atoms with van der Waals surface area (Å²) in [5, 5.41) is 2.83. The number of amides is 2. The number of fused-ring (bicyclic) bond motifs is 2. The second-order valence-electron chi connectivity index (χ2n) is 11.5. The summed E-state index contributed by atoms with van der Waals surface area (Å²) in [6.45, 7) is 9.01. The van der Waals surface area contributed by atoms with Gasteiger partial charge in [0.05, 0.1) is 30.4 Å². The van der Waals surface area contributed by atoms with Crippen LogP contribution in [0.25, 0.3) is 11.0 Å². The molecule has 1 atom stereocenters. The topological polar surface area (TPSA) is 125 Å². The summed E-state index contributed by atoms with van der Waals surface area (Å²) in [4.78, 5) is 37.9. The van der Waals surface area contributed by atoms with Crippen LogP contribution in [-0.4, -0.2) is 91.8 Å². The number of anilines is 1. The van der Waals surface area contributed by atoms with Crippen LogP contribution < -0.4 is 24.4 Å². The van der Waals surface area contributed by atoms with E-state index in [1.807, 2.05) is 51.1 Å². The third-order valence-corrected chi connectivity index (χ3v) is 7.04. The summed E-state index contributed by atoms with van der Waals surface area (Å²) in [6.07, 6.45) is 2.15. The minimum Gasteiger partial charge on any atom is -0.486 e. The Morgan fingerprint density at radius 1 is 1.12 bits per heavy atom. The number of hydrogen-bond donors (Lipinski definition) is 1. The number of cyclic esters (lactones) is 1. The predicted octanol–water partition coefficient (Wildman–Crippen LogP) is 4.19. The predicted molar refractivity (Wildman–Crippen MR) is 160 cm³/mol. The summed E-state index contributed by atoms with van der Waals surface area (Å²) in [5.74, 6) is 1.83. The highest BCUT2D eigenvalue weighted by Gasteiger charge is 2.34. The molecule has 230 valence electrons. The van der Waals surface area contributed by atoms with Crippen LogP contribution in [0.1, 0.15) is 32.8 Å². The molecule has 3 aromatic rings. The highest BCUT2D eigenvalue weighted by atomic mass is 16.6. The highest BCUT2D eigenvalue weighted by Crippen LogP contribution is 2.35. The molecule has 0 bridgehead atoms. The van der Waals surface area contributed by atoms with E-state index in [0.717, 1.165) is 29.4 Å². The molecule has 0 radical (unpaired) electrons. The second kappa shape index (κ2) is 13.3. The fraction of sp³-hybridized carbons (Fsp3) is 0.484. The number of nitrogens with zero attached hydrogens (tertiary/aromatic N) is 4. The number of alkyl carbamates (subject to hydrolysis) is 1. The normalized spacial score (nSPS) is 16.3. The number of benzene rings is 1. The Morgan fingerprint density at radius 3 is 2.72 bits per heavy atom. The van der Waals surface area contributed by atoms with E-state index in [-0.39, 0.29) is 6.10 Å². The second-order valence-corrected chi connectivity index (χ2v) is 11.5. The van der Waals surface area contributed by atoms with E-state index in [1.165, 1.54) is 0 Å². The van der Waals surface area contributed by atoms with E-state index in [4.69, 9.17) is 23.7 Å². The fourth-order valence-electron chi connectivity index (χ4n) is 5.11. The average Bonchev–Trinajstić information content (AvgIpc) is 3.35. The minimum absolute atomic E-state index is 0.352. The molecule has 5 rings (SSSR count). The summed E-state index contributed by atoms with van der Waals surface area (Å²) < 4.78 is 27.8. The van der Waals surface area contributed by atoms with Crippen LogP contribution in [0, 0.1) is 0 Å². The molecule has 1 fully saturated rings. The standard InChI is InChI=1S/C31H39N5O7/c1-31(2,3)43-29(37)33-13-15-35(14-5-6-21-11-12-32-24-8-10-27(39-4)34-28(21)24)19-23-20-36(30(38)42-23)22-7-9-25-26(18-22)41-17-16-40-25/h7-12,18,23H,5-6,13-17,19-20H2,1-4H3,(H,33,37)/t23-/m1/s1. The van der Waals surface area contributed by atoms with Gasteiger partial charge in [-0.2, -0.15) is 0 Å². The first-order valence-electron chi connectivity index (χ1n) is 14.5. The quantitative estimate of drug-likeness (QED) is 0.346. The molecule has 2 aliphatic heterocycles. The van der Waals surface area contributed by atoms with Crippen LogP contribution in [-0.2, 0) is 15.9 Å². The Balaban J connectivity index is 1.23. The first-order chi connectivity index (χ1) is 20.7. The lowest BCUT2D eigenvalue weighted by Crippen LogP contribution is -2.41. The summed E-state index contributed by atoms with van der Waals surface area (Å²) >= 11 is 0. The molecule has 2 amide bonds. The molecule has 1 saturated heterocycles. The number of methoxy groups -OCH3 is 1. The van der Waals surface area contributed by atoms with Crippen molar-refractivity contribution in [1.29, 1.82) is 0 Å². The molecule has 12 nitrogen and oxygen atoms in total. The molecule has 2 aromatic heterocycles. The van der Waals surface area contributed by atoms with Gasteiger partial charge in [0.15, 0.2) is 11.5 Å². The van der Waals surface area contributed by atoms with Gasteiger partial charge >= 0.3 is 12.2 Å². The van der Waals surface area contributed by atoms with Gasteiger partial charge in [-0.3, -0.25) is 14.8 Å². The lowest BCUT2D eigenvalue weighted by atomic mass is 10.1. The monoisotopic (exact) mass is 593 g/mol. The first kappa shape index (κ1) is 30.1. The van der Waals surface area contributed by atoms with E-state index < -0.39 is 17.8 Å². The van der Waals surface area contributed by atoms with E-state index in [1.54, 1.807) is 24.3 Å². The number of hydrogen-bond acceptors (Lipinski definition) is 10. The number of carbonyl (C=O) groups is 2. The molecule has 0 aliphatic carbocycles. The number of aromatic nitrogens is 2. The van der Waals surface area contributed by atoms with E-state index >= 15 is 0 Å². The summed E-state index contributed by atoms with van der Waals surface area (Å²) in [6, 6.07) is 11.1. The largest absolute Gasteiger partial charge is 0.486 e. The van der Waals surface area contributed by atoms with E-state index in [2.05, 4.69) is 20.2 Å². The number of rotatable bonds is 11. The molecule has 0 spiro atoms. The molecule has 12 heteroatoms. The van der Waals surface area contributed by atoms with Crippen molar-refractivity contribution in [3.05, 3.63) is 48.2 Å². The van der Waals surface area contributed by atoms with Crippen LogP contribution >= 0.6 is 0 Å². The van der Waals surface area contributed by atoms with Gasteiger partial charge in [-0.05, 0) is 70.0 Å². The lowest BCUT2D eigenvalue weighted by molar-refractivity contribution is 0.0518. The zero-order valence-electron chi connectivity index (χ0n) is 25.1. The molecule has 1 aromatic carbocycles. The van der Waals surface area contributed by atoms with Crippen molar-refractivity contribution in [2.75, 3.05) is 57.9 Å². The number of nitrogens with one attached hydrogen (secondary N) is 1. The zero-order valence-corrected chi connectivity index (χ0v) is 25.1. The molecule has 0 unspecified atom stereocenters. The van der Waals surface area contributed by atoms with Crippen molar-refractivity contribution >= 4 is 28.9 Å². The van der Waals surface area contributed by atoms with Gasteiger partial charge in [-0.25, -0.2) is 14.6 Å². The van der Waals surface area contributed by atoms with Gasteiger partial charge < -0.3 is 29.0 Å². The van der Waals surface area contributed by atoms with Gasteiger partial charge in [0, 0.05) is 38.0 Å². The number of ether oxygens (including phenoxy) is 5. The molecule has 43 heavy (non-hydrogen) atoms. The highest BCUT2D eigenvalue weighted by molar-refractivity contribution is 5.90. The summed E-state index contributed by atoms with van der Waals surface area (Å²) in [7, 11) is 1.60. The third kappa shape index (κ3) is 7.95. The SMILES string of the molecule is COc1ccc2nccc(CCCN(CCNC(=O)OC(C)(C)C)C[C@@H]3CN(c4ccc5c(c4)OCCO5)C(=O)O3)c2n1. The molecule has 0 saturated carbocycles. The van der Waals surface area contributed by atoms with Gasteiger partial charge in [-0.15, -0.1) is 0 Å². The van der Waals surface area contributed by atoms with E-state index in [9.17, 15) is 9.59 Å². The number of pyridine rings is 2. The van der Waals surface area contributed by atoms with Crippen molar-refractivity contribution < 1.29 is 33.3 Å². The van der Waals surface area contributed by atoms with Crippen molar-refractivity contribution in [2.45, 2.75) is 45.3 Å². The maximum atomic E-state index is 12.9. The van der Waals surface area contributed by atoms with Crippen molar-refractivity contribution in [3.8, 4) is 17.4 Å². The fourth-order valence-corrected chi connectivity index (χ4v) is 5.11. The van der Waals surface area contributed by atoms with Crippen LogP contribution in [0.5, 0.6) is 17.4 Å². The lowest BCUT2D eigenvalue weighted by Gasteiger charge is -2.25. The zero-order chi connectivity index (χ0) is 30.4. The summed E-state index contributed by atoms with van der Waals surface area (Å²) in [5.41, 5.74) is 2.83. The maximum Gasteiger partial charge on any atom is 0.414 e. The van der Waals surface area contributed by atoms with Gasteiger partial charge in [0.2, 0.25) is 5.88 Å². The van der Waals surface area contributed by atoms with Crippen LogP contribution in [0.3, 0.4) is 0 Å². The number of aryl methyl sites for hydroxylation is 1. The number of carbonyl (C=O) groups excluding carboxylic acids is 2. The Labute approximate surface area is 251 Å². The van der Waals surface area contributed by atoms with Crippen molar-refractivity contribution in [1.82, 2.24) is 20.2 Å². The Morgan fingerprint density at radius 2 is 1.93 bits per heavy atom. The van der Waals surface area contributed by atoms with Gasteiger partial charge in [0.25, 0.3) is 0 Å². The maximum absolute atomic E-state index is 12.9. The van der Waals surface area contributed by atoms with E-state index in [0.29, 0.717) is 69.0 Å². The van der Waals surface area contributed by atoms with Crippen LogP contribution in [0.2, 0.25) is 0 Å². The minimum atomic E-state index is -0.580. The molecule has 4 heterocycles. The molecular formula is C31H39N5O7. The van der Waals surface area contributed by atoms with Crippen molar-refractivity contribution in [2.24, 2.45) is 0 Å². The van der Waals surface area contributed by atoms with Crippen molar-refractivity contribution in [3.63, 3.8) is 0 Å². The Hall–Kier alpha value is -4.32. The van der Waals surface area contributed by atoms with Gasteiger partial charge in [0.1, 0.15) is 24.9 Å².